The summed E-state index contributed by atoms with van der Waals surface area (Å²) in [5.74, 6) is -0.306. The zero-order chi connectivity index (χ0) is 13.3. The van der Waals surface area contributed by atoms with E-state index in [4.69, 9.17) is 5.73 Å². The van der Waals surface area contributed by atoms with Gasteiger partial charge in [-0.15, -0.1) is 11.3 Å². The van der Waals surface area contributed by atoms with Gasteiger partial charge >= 0.3 is 6.18 Å². The SMILES string of the molecule is Nc1ccsc1C(=O)N1CC=C(C(F)(F)F)CC1. The predicted molar refractivity (Wildman–Crippen MR) is 63.4 cm³/mol. The summed E-state index contributed by atoms with van der Waals surface area (Å²) in [5.41, 5.74) is 5.42. The number of rotatable bonds is 1. The molecule has 0 unspecified atom stereocenters. The van der Waals surface area contributed by atoms with Crippen LogP contribution >= 0.6 is 11.3 Å². The lowest BCUT2D eigenvalue weighted by Crippen LogP contribution is -2.36. The number of thiophene rings is 1. The van der Waals surface area contributed by atoms with Crippen molar-refractivity contribution in [2.45, 2.75) is 12.6 Å². The number of amides is 1. The average Bonchev–Trinajstić information content (AvgIpc) is 2.73. The fourth-order valence-corrected chi connectivity index (χ4v) is 2.53. The molecule has 0 fully saturated rings. The molecule has 18 heavy (non-hydrogen) atoms. The minimum atomic E-state index is -4.29. The largest absolute Gasteiger partial charge is 0.412 e. The van der Waals surface area contributed by atoms with Crippen LogP contribution in [0.5, 0.6) is 0 Å². The van der Waals surface area contributed by atoms with E-state index in [1.54, 1.807) is 11.4 Å². The van der Waals surface area contributed by atoms with Crippen molar-refractivity contribution in [3.05, 3.63) is 28.0 Å². The summed E-state index contributed by atoms with van der Waals surface area (Å²) in [6, 6.07) is 1.61. The molecule has 0 atom stereocenters. The molecule has 0 aliphatic carbocycles. The van der Waals surface area contributed by atoms with Gasteiger partial charge in [0, 0.05) is 18.7 Å². The second kappa shape index (κ2) is 4.64. The molecule has 2 N–H and O–H groups in total. The summed E-state index contributed by atoms with van der Waals surface area (Å²) >= 11 is 1.20. The maximum absolute atomic E-state index is 12.4. The molecule has 0 aromatic carbocycles. The Morgan fingerprint density at radius 2 is 2.17 bits per heavy atom. The number of alkyl halides is 3. The number of hydrogen-bond donors (Lipinski definition) is 1. The Balaban J connectivity index is 2.09. The molecule has 0 spiro atoms. The van der Waals surface area contributed by atoms with Crippen molar-refractivity contribution in [3.8, 4) is 0 Å². The Hall–Kier alpha value is -1.50. The Kier molecular flexibility index (Phi) is 3.34. The first-order valence-electron chi connectivity index (χ1n) is 5.28. The van der Waals surface area contributed by atoms with Gasteiger partial charge in [0.05, 0.1) is 5.69 Å². The van der Waals surface area contributed by atoms with Crippen molar-refractivity contribution in [2.75, 3.05) is 18.8 Å². The van der Waals surface area contributed by atoms with Gasteiger partial charge in [-0.05, 0) is 17.9 Å². The van der Waals surface area contributed by atoms with E-state index >= 15 is 0 Å². The number of nitrogen functional groups attached to an aromatic ring is 1. The first-order valence-corrected chi connectivity index (χ1v) is 6.16. The normalized spacial score (nSPS) is 16.6. The number of hydrogen-bond acceptors (Lipinski definition) is 3. The van der Waals surface area contributed by atoms with Crippen LogP contribution in [0.2, 0.25) is 0 Å². The van der Waals surface area contributed by atoms with Crippen molar-refractivity contribution >= 4 is 22.9 Å². The fraction of sp³-hybridized carbons (Fsp3) is 0.364. The van der Waals surface area contributed by atoms with Gasteiger partial charge < -0.3 is 10.6 Å². The second-order valence-corrected chi connectivity index (χ2v) is 4.85. The van der Waals surface area contributed by atoms with Crippen molar-refractivity contribution in [3.63, 3.8) is 0 Å². The third kappa shape index (κ3) is 2.50. The van der Waals surface area contributed by atoms with E-state index in [0.29, 0.717) is 10.6 Å². The number of halogens is 3. The summed E-state index contributed by atoms with van der Waals surface area (Å²) in [6.07, 6.45) is -3.40. The number of nitrogens with two attached hydrogens (primary N) is 1. The van der Waals surface area contributed by atoms with Crippen LogP contribution in [0.4, 0.5) is 18.9 Å². The highest BCUT2D eigenvalue weighted by Crippen LogP contribution is 2.31. The lowest BCUT2D eigenvalue weighted by molar-refractivity contribution is -0.0957. The van der Waals surface area contributed by atoms with Gasteiger partial charge in [0.2, 0.25) is 0 Å². The number of anilines is 1. The third-order valence-electron chi connectivity index (χ3n) is 2.75. The topological polar surface area (TPSA) is 46.3 Å². The van der Waals surface area contributed by atoms with Gasteiger partial charge in [-0.2, -0.15) is 13.2 Å². The maximum atomic E-state index is 12.4. The Bertz CT molecular complexity index is 493. The lowest BCUT2D eigenvalue weighted by Gasteiger charge is -2.27. The van der Waals surface area contributed by atoms with Crippen molar-refractivity contribution in [1.82, 2.24) is 4.90 Å². The van der Waals surface area contributed by atoms with Gasteiger partial charge in [0.1, 0.15) is 4.88 Å². The lowest BCUT2D eigenvalue weighted by atomic mass is 10.1. The molecule has 0 saturated carbocycles. The second-order valence-electron chi connectivity index (χ2n) is 3.93. The molecule has 0 bridgehead atoms. The molecule has 1 aliphatic heterocycles. The van der Waals surface area contributed by atoms with Crippen LogP contribution in [0.15, 0.2) is 23.1 Å². The maximum Gasteiger partial charge on any atom is 0.412 e. The standard InChI is InChI=1S/C11H11F3N2OS/c12-11(13,14)7-1-4-16(5-2-7)10(17)9-8(15)3-6-18-9/h1,3,6H,2,4-5,15H2. The van der Waals surface area contributed by atoms with E-state index in [2.05, 4.69) is 0 Å². The average molecular weight is 276 g/mol. The first kappa shape index (κ1) is 12.9. The van der Waals surface area contributed by atoms with E-state index in [0.717, 1.165) is 6.08 Å². The number of nitrogens with zero attached hydrogens (tertiary/aromatic N) is 1. The Morgan fingerprint density at radius 1 is 1.44 bits per heavy atom. The number of carbonyl (C=O) groups excluding carboxylic acids is 1. The summed E-state index contributed by atoms with van der Waals surface area (Å²) in [5, 5.41) is 1.68. The molecule has 0 saturated heterocycles. The van der Waals surface area contributed by atoms with Crippen molar-refractivity contribution < 1.29 is 18.0 Å². The molecule has 0 radical (unpaired) electrons. The highest BCUT2D eigenvalue weighted by atomic mass is 32.1. The summed E-state index contributed by atoms with van der Waals surface area (Å²) in [7, 11) is 0. The van der Waals surface area contributed by atoms with E-state index in [-0.39, 0.29) is 25.4 Å². The highest BCUT2D eigenvalue weighted by molar-refractivity contribution is 7.12. The number of carbonyl (C=O) groups is 1. The Morgan fingerprint density at radius 3 is 2.61 bits per heavy atom. The molecule has 1 aromatic rings. The minimum absolute atomic E-state index is 0.0228. The van der Waals surface area contributed by atoms with Crippen LogP contribution in [0.1, 0.15) is 16.1 Å². The quantitative estimate of drug-likeness (QED) is 0.802. The van der Waals surface area contributed by atoms with Gasteiger partial charge in [-0.3, -0.25) is 4.79 Å². The van der Waals surface area contributed by atoms with E-state index in [1.165, 1.54) is 16.2 Å². The fourth-order valence-electron chi connectivity index (χ4n) is 1.75. The third-order valence-corrected chi connectivity index (χ3v) is 3.67. The summed E-state index contributed by atoms with van der Waals surface area (Å²) < 4.78 is 37.3. The van der Waals surface area contributed by atoms with E-state index in [1.807, 2.05) is 0 Å². The monoisotopic (exact) mass is 276 g/mol. The van der Waals surface area contributed by atoms with Crippen LogP contribution in [0, 0.1) is 0 Å². The molecule has 1 aromatic heterocycles. The molecule has 1 amide bonds. The van der Waals surface area contributed by atoms with Gasteiger partial charge in [-0.25, -0.2) is 0 Å². The smallest absolute Gasteiger partial charge is 0.397 e. The van der Waals surface area contributed by atoms with Crippen molar-refractivity contribution in [2.24, 2.45) is 0 Å². The predicted octanol–water partition coefficient (Wildman–Crippen LogP) is 2.66. The summed E-state index contributed by atoms with van der Waals surface area (Å²) in [4.78, 5) is 13.7. The Labute approximate surface area is 106 Å². The molecule has 2 rings (SSSR count). The zero-order valence-corrected chi connectivity index (χ0v) is 10.1. The molecule has 98 valence electrons. The molecular formula is C11H11F3N2OS. The molecule has 1 aliphatic rings. The van der Waals surface area contributed by atoms with Gasteiger partial charge in [0.15, 0.2) is 0 Å². The van der Waals surface area contributed by atoms with Gasteiger partial charge in [-0.1, -0.05) is 6.08 Å². The molecule has 7 heteroatoms. The van der Waals surface area contributed by atoms with E-state index < -0.39 is 11.7 Å². The first-order chi connectivity index (χ1) is 8.39. The molecular weight excluding hydrogens is 265 g/mol. The highest BCUT2D eigenvalue weighted by Gasteiger charge is 2.35. The van der Waals surface area contributed by atoms with Crippen LogP contribution in [-0.2, 0) is 0 Å². The molecule has 3 nitrogen and oxygen atoms in total. The van der Waals surface area contributed by atoms with Crippen LogP contribution in [-0.4, -0.2) is 30.1 Å². The zero-order valence-electron chi connectivity index (χ0n) is 9.33. The van der Waals surface area contributed by atoms with E-state index in [9.17, 15) is 18.0 Å². The van der Waals surface area contributed by atoms with Crippen molar-refractivity contribution in [1.29, 1.82) is 0 Å². The van der Waals surface area contributed by atoms with Gasteiger partial charge in [0.25, 0.3) is 5.91 Å². The van der Waals surface area contributed by atoms with Crippen LogP contribution in [0.3, 0.4) is 0 Å². The summed E-state index contributed by atoms with van der Waals surface area (Å²) in [6.45, 7) is 0.0481. The van der Waals surface area contributed by atoms with Crippen LogP contribution in [0.25, 0.3) is 0 Å². The molecule has 2 heterocycles. The minimum Gasteiger partial charge on any atom is -0.397 e. The van der Waals surface area contributed by atoms with Crippen LogP contribution < -0.4 is 5.73 Å².